The van der Waals surface area contributed by atoms with Gasteiger partial charge in [0.2, 0.25) is 0 Å². The van der Waals surface area contributed by atoms with Gasteiger partial charge in [0.1, 0.15) is 5.82 Å². The summed E-state index contributed by atoms with van der Waals surface area (Å²) in [6, 6.07) is 4.58. The smallest absolute Gasteiger partial charge is 0.151 e. The van der Waals surface area contributed by atoms with E-state index in [2.05, 4.69) is 0 Å². The van der Waals surface area contributed by atoms with Crippen LogP contribution in [0.4, 0.5) is 4.39 Å². The standard InChI is InChI=1S/C11H13FOS/c1-3-8(2)14-11-9(7-13)5-4-6-10(11)12/h4-8H,3H2,1-2H3. The normalized spacial score (nSPS) is 12.5. The van der Waals surface area contributed by atoms with Crippen LogP contribution < -0.4 is 0 Å². The van der Waals surface area contributed by atoms with E-state index in [1.54, 1.807) is 12.1 Å². The van der Waals surface area contributed by atoms with Crippen LogP contribution in [-0.4, -0.2) is 11.5 Å². The number of aldehydes is 1. The highest BCUT2D eigenvalue weighted by Crippen LogP contribution is 2.29. The summed E-state index contributed by atoms with van der Waals surface area (Å²) in [5.74, 6) is -0.306. The lowest BCUT2D eigenvalue weighted by Gasteiger charge is -2.10. The molecule has 1 rings (SSSR count). The number of thioether (sulfide) groups is 1. The van der Waals surface area contributed by atoms with E-state index in [1.807, 2.05) is 13.8 Å². The van der Waals surface area contributed by atoms with Gasteiger partial charge < -0.3 is 0 Å². The van der Waals surface area contributed by atoms with E-state index < -0.39 is 0 Å². The third-order valence-electron chi connectivity index (χ3n) is 2.02. The Morgan fingerprint density at radius 3 is 2.86 bits per heavy atom. The zero-order valence-electron chi connectivity index (χ0n) is 8.29. The average Bonchev–Trinajstić information content (AvgIpc) is 2.20. The molecule has 0 aliphatic carbocycles. The SMILES string of the molecule is CCC(C)Sc1c(F)cccc1C=O. The second kappa shape index (κ2) is 5.15. The van der Waals surface area contributed by atoms with Crippen molar-refractivity contribution in [2.75, 3.05) is 0 Å². The Morgan fingerprint density at radius 1 is 1.57 bits per heavy atom. The molecule has 0 N–H and O–H groups in total. The van der Waals surface area contributed by atoms with Gasteiger partial charge >= 0.3 is 0 Å². The van der Waals surface area contributed by atoms with Crippen LogP contribution in [0.15, 0.2) is 23.1 Å². The third-order valence-corrected chi connectivity index (χ3v) is 3.42. The molecule has 0 heterocycles. The molecule has 0 spiro atoms. The van der Waals surface area contributed by atoms with Crippen molar-refractivity contribution < 1.29 is 9.18 Å². The largest absolute Gasteiger partial charge is 0.298 e. The maximum atomic E-state index is 13.4. The highest BCUT2D eigenvalue weighted by atomic mass is 32.2. The Morgan fingerprint density at radius 2 is 2.29 bits per heavy atom. The zero-order valence-corrected chi connectivity index (χ0v) is 9.10. The molecule has 76 valence electrons. The maximum absolute atomic E-state index is 13.4. The van der Waals surface area contributed by atoms with Gasteiger partial charge in [-0.2, -0.15) is 0 Å². The van der Waals surface area contributed by atoms with Crippen LogP contribution >= 0.6 is 11.8 Å². The third kappa shape index (κ3) is 2.58. The van der Waals surface area contributed by atoms with Gasteiger partial charge in [-0.3, -0.25) is 4.79 Å². The first-order valence-corrected chi connectivity index (χ1v) is 5.47. The lowest BCUT2D eigenvalue weighted by Crippen LogP contribution is -1.97. The molecule has 14 heavy (non-hydrogen) atoms. The van der Waals surface area contributed by atoms with E-state index in [0.717, 1.165) is 6.42 Å². The molecule has 0 radical (unpaired) electrons. The molecule has 0 aliphatic heterocycles. The minimum atomic E-state index is -0.306. The van der Waals surface area contributed by atoms with Crippen LogP contribution in [0, 0.1) is 5.82 Å². The first-order valence-electron chi connectivity index (χ1n) is 4.59. The Kier molecular flexibility index (Phi) is 4.14. The number of hydrogen-bond acceptors (Lipinski definition) is 2. The molecule has 0 amide bonds. The van der Waals surface area contributed by atoms with Crippen molar-refractivity contribution in [1.82, 2.24) is 0 Å². The van der Waals surface area contributed by atoms with Gasteiger partial charge in [-0.1, -0.05) is 26.0 Å². The summed E-state index contributed by atoms with van der Waals surface area (Å²) in [5.41, 5.74) is 0.440. The summed E-state index contributed by atoms with van der Waals surface area (Å²) in [6.07, 6.45) is 1.66. The fraction of sp³-hybridized carbons (Fsp3) is 0.364. The van der Waals surface area contributed by atoms with E-state index in [4.69, 9.17) is 0 Å². The topological polar surface area (TPSA) is 17.1 Å². The molecule has 1 nitrogen and oxygen atoms in total. The van der Waals surface area contributed by atoms with E-state index >= 15 is 0 Å². The van der Waals surface area contributed by atoms with Gasteiger partial charge in [-0.05, 0) is 12.5 Å². The van der Waals surface area contributed by atoms with Crippen molar-refractivity contribution in [3.63, 3.8) is 0 Å². The molecule has 0 fully saturated rings. The second-order valence-corrected chi connectivity index (χ2v) is 4.56. The molecule has 0 aliphatic rings. The van der Waals surface area contributed by atoms with Crippen molar-refractivity contribution >= 4 is 18.0 Å². The number of halogens is 1. The van der Waals surface area contributed by atoms with Gasteiger partial charge in [0, 0.05) is 10.8 Å². The number of carbonyl (C=O) groups is 1. The highest BCUT2D eigenvalue weighted by Gasteiger charge is 2.11. The first-order chi connectivity index (χ1) is 6.69. The van der Waals surface area contributed by atoms with Crippen molar-refractivity contribution in [1.29, 1.82) is 0 Å². The summed E-state index contributed by atoms with van der Waals surface area (Å²) in [6.45, 7) is 4.06. The minimum Gasteiger partial charge on any atom is -0.298 e. The summed E-state index contributed by atoms with van der Waals surface area (Å²) < 4.78 is 13.4. The van der Waals surface area contributed by atoms with Crippen LogP contribution in [-0.2, 0) is 0 Å². The number of rotatable bonds is 4. The number of hydrogen-bond donors (Lipinski definition) is 0. The average molecular weight is 212 g/mol. The molecule has 0 saturated carbocycles. The van der Waals surface area contributed by atoms with E-state index in [1.165, 1.54) is 17.8 Å². The molecule has 1 aromatic carbocycles. The predicted molar refractivity (Wildman–Crippen MR) is 57.4 cm³/mol. The minimum absolute atomic E-state index is 0.306. The lowest BCUT2D eigenvalue weighted by atomic mass is 10.2. The van der Waals surface area contributed by atoms with Gasteiger partial charge in [0.15, 0.2) is 6.29 Å². The van der Waals surface area contributed by atoms with Crippen LogP contribution in [0.25, 0.3) is 0 Å². The van der Waals surface area contributed by atoms with Crippen molar-refractivity contribution in [2.45, 2.75) is 30.4 Å². The highest BCUT2D eigenvalue weighted by molar-refractivity contribution is 8.00. The first kappa shape index (κ1) is 11.2. The Bertz CT molecular complexity index is 325. The molecule has 3 heteroatoms. The number of benzene rings is 1. The Balaban J connectivity index is 2.98. The summed E-state index contributed by atoms with van der Waals surface area (Å²) in [4.78, 5) is 11.1. The molecular formula is C11H13FOS. The lowest BCUT2D eigenvalue weighted by molar-refractivity contribution is 0.112. The fourth-order valence-electron chi connectivity index (χ4n) is 1.03. The van der Waals surface area contributed by atoms with Crippen LogP contribution in [0.1, 0.15) is 30.6 Å². The van der Waals surface area contributed by atoms with Crippen LogP contribution in [0.5, 0.6) is 0 Å². The molecular weight excluding hydrogens is 199 g/mol. The second-order valence-electron chi connectivity index (χ2n) is 3.11. The predicted octanol–water partition coefficient (Wildman–Crippen LogP) is 3.53. The maximum Gasteiger partial charge on any atom is 0.151 e. The van der Waals surface area contributed by atoms with E-state index in [9.17, 15) is 9.18 Å². The Hall–Kier alpha value is -0.830. The van der Waals surface area contributed by atoms with Crippen molar-refractivity contribution in [2.24, 2.45) is 0 Å². The molecule has 1 unspecified atom stereocenters. The van der Waals surface area contributed by atoms with Gasteiger partial charge in [0.25, 0.3) is 0 Å². The molecule has 1 aromatic rings. The molecule has 0 saturated heterocycles. The molecule has 0 bridgehead atoms. The summed E-state index contributed by atoms with van der Waals surface area (Å²) in [5, 5.41) is 0.325. The van der Waals surface area contributed by atoms with E-state index in [-0.39, 0.29) is 5.82 Å². The van der Waals surface area contributed by atoms with Crippen LogP contribution in [0.2, 0.25) is 0 Å². The monoisotopic (exact) mass is 212 g/mol. The van der Waals surface area contributed by atoms with Gasteiger partial charge in [0.05, 0.1) is 4.90 Å². The van der Waals surface area contributed by atoms with Gasteiger partial charge in [-0.25, -0.2) is 4.39 Å². The number of carbonyl (C=O) groups excluding carboxylic acids is 1. The van der Waals surface area contributed by atoms with Crippen LogP contribution in [0.3, 0.4) is 0 Å². The van der Waals surface area contributed by atoms with Crippen molar-refractivity contribution in [3.8, 4) is 0 Å². The fourth-order valence-corrected chi connectivity index (χ4v) is 2.03. The summed E-state index contributed by atoms with van der Waals surface area (Å²) in [7, 11) is 0. The quantitative estimate of drug-likeness (QED) is 0.561. The Labute approximate surface area is 87.7 Å². The molecule has 1 atom stereocenters. The molecule has 0 aromatic heterocycles. The van der Waals surface area contributed by atoms with Crippen molar-refractivity contribution in [3.05, 3.63) is 29.6 Å². The summed E-state index contributed by atoms with van der Waals surface area (Å²) >= 11 is 1.42. The van der Waals surface area contributed by atoms with Gasteiger partial charge in [-0.15, -0.1) is 11.8 Å². The zero-order chi connectivity index (χ0) is 10.6. The van der Waals surface area contributed by atoms with E-state index in [0.29, 0.717) is 22.0 Å².